The third kappa shape index (κ3) is 2.91. The van der Waals surface area contributed by atoms with Gasteiger partial charge in [-0.1, -0.05) is 12.1 Å². The number of nitrogens with zero attached hydrogens (tertiary/aromatic N) is 2. The molecule has 1 aromatic carbocycles. The number of fused-ring (bicyclic) bond motifs is 1. The highest BCUT2D eigenvalue weighted by Crippen LogP contribution is 2.66. The number of aromatic amines is 1. The number of benzene rings is 1. The summed E-state index contributed by atoms with van der Waals surface area (Å²) in [6, 6.07) is 8.08. The Morgan fingerprint density at radius 1 is 1.00 bits per heavy atom. The Morgan fingerprint density at radius 2 is 1.67 bits per heavy atom. The molecule has 2 aliphatic carbocycles. The molecule has 2 bridgehead atoms. The molecular weight excluding hydrogens is 414 g/mol. The topological polar surface area (TPSA) is 58.1 Å². The van der Waals surface area contributed by atoms with Gasteiger partial charge in [-0.05, 0) is 62.5 Å². The van der Waals surface area contributed by atoms with Crippen LogP contribution in [0.15, 0.2) is 29.1 Å². The zero-order chi connectivity index (χ0) is 20.3. The first kappa shape index (κ1) is 19.4. The Bertz CT molecular complexity index is 1000. The van der Waals surface area contributed by atoms with Crippen LogP contribution >= 0.6 is 23.5 Å². The first-order chi connectivity index (χ1) is 14.7. The van der Waals surface area contributed by atoms with Crippen molar-refractivity contribution in [2.45, 2.75) is 48.6 Å². The minimum atomic E-state index is -0.0262. The molecule has 0 radical (unpaired) electrons. The van der Waals surface area contributed by atoms with Crippen molar-refractivity contribution in [3.05, 3.63) is 34.7 Å². The Kier molecular flexibility index (Phi) is 4.75. The van der Waals surface area contributed by atoms with Crippen LogP contribution in [0.3, 0.4) is 0 Å². The van der Waals surface area contributed by atoms with Crippen molar-refractivity contribution >= 4 is 40.5 Å². The molecule has 1 N–H and O–H groups in total. The van der Waals surface area contributed by atoms with E-state index >= 15 is 0 Å². The van der Waals surface area contributed by atoms with Crippen molar-refractivity contribution in [1.29, 1.82) is 0 Å². The monoisotopic (exact) mass is 443 g/mol. The van der Waals surface area contributed by atoms with Gasteiger partial charge in [0.2, 0.25) is 5.91 Å². The van der Waals surface area contributed by atoms with E-state index in [1.807, 2.05) is 28.8 Å². The summed E-state index contributed by atoms with van der Waals surface area (Å²) in [6.45, 7) is 1.55. The number of amides is 1. The molecule has 1 aromatic heterocycles. The maximum absolute atomic E-state index is 13.4. The first-order valence-corrected chi connectivity index (χ1v) is 13.4. The Hall–Kier alpha value is -1.34. The number of piperidine rings is 1. The molecule has 2 saturated carbocycles. The van der Waals surface area contributed by atoms with Crippen LogP contribution in [0, 0.1) is 17.8 Å². The van der Waals surface area contributed by atoms with Gasteiger partial charge in [0.05, 0.1) is 15.1 Å². The lowest BCUT2D eigenvalue weighted by Gasteiger charge is -2.44. The molecule has 4 aliphatic rings. The van der Waals surface area contributed by atoms with Crippen molar-refractivity contribution < 1.29 is 4.79 Å². The van der Waals surface area contributed by atoms with E-state index in [0.29, 0.717) is 9.99 Å². The largest absolute Gasteiger partial charge is 0.342 e. The van der Waals surface area contributed by atoms with E-state index in [9.17, 15) is 9.59 Å². The second-order valence-electron chi connectivity index (χ2n) is 9.43. The van der Waals surface area contributed by atoms with Gasteiger partial charge < -0.3 is 9.88 Å². The Labute approximate surface area is 185 Å². The second-order valence-corrected chi connectivity index (χ2v) is 12.4. The highest BCUT2D eigenvalue weighted by molar-refractivity contribution is 8.21. The SMILES string of the molecule is O=C(C1C[C@H]2CC[C@@H](C1)C21SCCS1)N1CCC(n2c(=O)[nH]c3ccccc32)CC1. The van der Waals surface area contributed by atoms with Gasteiger partial charge in [0, 0.05) is 36.6 Å². The summed E-state index contributed by atoms with van der Waals surface area (Å²) in [4.78, 5) is 31.0. The lowest BCUT2D eigenvalue weighted by molar-refractivity contribution is -0.138. The Morgan fingerprint density at radius 3 is 2.37 bits per heavy atom. The predicted molar refractivity (Wildman–Crippen MR) is 124 cm³/mol. The van der Waals surface area contributed by atoms with Crippen LogP contribution in [0.2, 0.25) is 0 Å². The molecule has 1 spiro atoms. The fraction of sp³-hybridized carbons (Fsp3) is 0.652. The lowest BCUT2D eigenvalue weighted by atomic mass is 9.79. The number of imidazole rings is 1. The number of likely N-dealkylation sites (tertiary alicyclic amines) is 1. The van der Waals surface area contributed by atoms with Gasteiger partial charge in [-0.25, -0.2) is 4.79 Å². The second kappa shape index (κ2) is 7.37. The first-order valence-electron chi connectivity index (χ1n) is 11.4. The molecule has 7 heteroatoms. The molecule has 6 rings (SSSR count). The fourth-order valence-corrected chi connectivity index (χ4v) is 10.6. The average Bonchev–Trinajstić information content (AvgIpc) is 3.42. The fourth-order valence-electron chi connectivity index (χ4n) is 6.64. The standard InChI is InChI=1S/C23H29N3O2S2/c27-21(15-13-16-5-6-17(14-15)23(16)29-11-12-30-23)25-9-7-18(8-10-25)26-20-4-2-1-3-19(20)24-22(26)28/h1-4,15-18H,5-14H2,(H,24,28)/t15?,16-,17+. The quantitative estimate of drug-likeness (QED) is 0.759. The van der Waals surface area contributed by atoms with Crippen LogP contribution in [0.5, 0.6) is 0 Å². The number of H-pyrrole nitrogens is 1. The lowest BCUT2D eigenvalue weighted by Crippen LogP contribution is -2.47. The number of nitrogens with one attached hydrogen (secondary N) is 1. The van der Waals surface area contributed by atoms with Gasteiger partial charge in [-0.15, -0.1) is 23.5 Å². The molecule has 5 nitrogen and oxygen atoms in total. The van der Waals surface area contributed by atoms with E-state index in [1.165, 1.54) is 24.3 Å². The highest BCUT2D eigenvalue weighted by atomic mass is 32.2. The van der Waals surface area contributed by atoms with Crippen LogP contribution in [0.25, 0.3) is 11.0 Å². The van der Waals surface area contributed by atoms with Gasteiger partial charge in [-0.3, -0.25) is 9.36 Å². The van der Waals surface area contributed by atoms with Crippen molar-refractivity contribution in [1.82, 2.24) is 14.5 Å². The summed E-state index contributed by atoms with van der Waals surface area (Å²) in [6.07, 6.45) is 6.56. The molecule has 3 atom stereocenters. The van der Waals surface area contributed by atoms with Crippen LogP contribution in [-0.4, -0.2) is 49.0 Å². The predicted octanol–water partition coefficient (Wildman–Crippen LogP) is 4.11. The maximum atomic E-state index is 13.4. The van der Waals surface area contributed by atoms with Gasteiger partial charge in [0.25, 0.3) is 0 Å². The van der Waals surface area contributed by atoms with Crippen molar-refractivity contribution in [3.63, 3.8) is 0 Å². The van der Waals surface area contributed by atoms with Gasteiger partial charge in [-0.2, -0.15) is 0 Å². The van der Waals surface area contributed by atoms with E-state index in [2.05, 4.69) is 33.4 Å². The van der Waals surface area contributed by atoms with E-state index in [1.54, 1.807) is 0 Å². The van der Waals surface area contributed by atoms with Gasteiger partial charge in [0.1, 0.15) is 0 Å². The van der Waals surface area contributed by atoms with Crippen LogP contribution in [-0.2, 0) is 4.79 Å². The molecule has 2 aromatic rings. The third-order valence-corrected chi connectivity index (χ3v) is 12.0. The minimum absolute atomic E-state index is 0.0262. The number of hydrogen-bond acceptors (Lipinski definition) is 4. The third-order valence-electron chi connectivity index (χ3n) is 7.99. The smallest absolute Gasteiger partial charge is 0.326 e. The molecule has 4 fully saturated rings. The summed E-state index contributed by atoms with van der Waals surface area (Å²) in [5.41, 5.74) is 1.85. The van der Waals surface area contributed by atoms with Gasteiger partial charge >= 0.3 is 5.69 Å². The van der Waals surface area contributed by atoms with Crippen LogP contribution in [0.1, 0.15) is 44.6 Å². The summed E-state index contributed by atoms with van der Waals surface area (Å²) in [7, 11) is 0. The zero-order valence-corrected chi connectivity index (χ0v) is 18.9. The van der Waals surface area contributed by atoms with Crippen molar-refractivity contribution in [3.8, 4) is 0 Å². The van der Waals surface area contributed by atoms with E-state index in [0.717, 1.165) is 61.6 Å². The zero-order valence-electron chi connectivity index (χ0n) is 17.2. The number of para-hydroxylation sites is 2. The molecule has 3 heterocycles. The molecule has 160 valence electrons. The number of hydrogen-bond donors (Lipinski definition) is 1. The summed E-state index contributed by atoms with van der Waals surface area (Å²) >= 11 is 4.39. The average molecular weight is 444 g/mol. The van der Waals surface area contributed by atoms with Crippen LogP contribution in [0.4, 0.5) is 0 Å². The minimum Gasteiger partial charge on any atom is -0.342 e. The molecule has 1 unspecified atom stereocenters. The normalized spacial score (nSPS) is 31.1. The molecule has 1 amide bonds. The molecule has 2 aliphatic heterocycles. The highest BCUT2D eigenvalue weighted by Gasteiger charge is 2.57. The number of carbonyl (C=O) groups is 1. The van der Waals surface area contributed by atoms with Gasteiger partial charge in [0.15, 0.2) is 0 Å². The molecular formula is C23H29N3O2S2. The molecule has 30 heavy (non-hydrogen) atoms. The van der Waals surface area contributed by atoms with Crippen molar-refractivity contribution in [2.24, 2.45) is 17.8 Å². The number of aromatic nitrogens is 2. The number of thioether (sulfide) groups is 2. The van der Waals surface area contributed by atoms with E-state index in [4.69, 9.17) is 0 Å². The van der Waals surface area contributed by atoms with Crippen LogP contribution < -0.4 is 5.69 Å². The number of rotatable bonds is 2. The summed E-state index contributed by atoms with van der Waals surface area (Å²) in [5, 5.41) is 0. The maximum Gasteiger partial charge on any atom is 0.326 e. The summed E-state index contributed by atoms with van der Waals surface area (Å²) < 4.78 is 2.36. The van der Waals surface area contributed by atoms with E-state index < -0.39 is 0 Å². The number of carbonyl (C=O) groups excluding carboxylic acids is 1. The van der Waals surface area contributed by atoms with E-state index in [-0.39, 0.29) is 17.6 Å². The van der Waals surface area contributed by atoms with Crippen molar-refractivity contribution in [2.75, 3.05) is 24.6 Å². The Balaban J connectivity index is 1.13. The summed E-state index contributed by atoms with van der Waals surface area (Å²) in [5.74, 6) is 4.64. The molecule has 2 saturated heterocycles.